The number of hydrogen-bond donors (Lipinski definition) is 4. The van der Waals surface area contributed by atoms with E-state index in [0.717, 1.165) is 24.3 Å². The Labute approximate surface area is 206 Å². The summed E-state index contributed by atoms with van der Waals surface area (Å²) in [5.74, 6) is -4.87. The number of carboxylic acids is 1. The van der Waals surface area contributed by atoms with Crippen molar-refractivity contribution >= 4 is 29.0 Å². The van der Waals surface area contributed by atoms with Crippen LogP contribution in [-0.4, -0.2) is 73.6 Å². The van der Waals surface area contributed by atoms with Crippen molar-refractivity contribution in [3.8, 4) is 0 Å². The highest BCUT2D eigenvalue weighted by molar-refractivity contribution is 6.22. The maximum atomic E-state index is 12.5. The molecule has 1 aromatic rings. The van der Waals surface area contributed by atoms with Gasteiger partial charge < -0.3 is 30.3 Å². The zero-order valence-corrected chi connectivity index (χ0v) is 20.0. The molecule has 0 heterocycles. The Morgan fingerprint density at radius 1 is 0.917 bits per heavy atom. The van der Waals surface area contributed by atoms with Gasteiger partial charge in [-0.25, -0.2) is 0 Å². The zero-order valence-electron chi connectivity index (χ0n) is 20.0. The molecular weight excluding hydrogens is 478 g/mol. The number of nitro groups is 1. The molecule has 0 aliphatic heterocycles. The summed E-state index contributed by atoms with van der Waals surface area (Å²) in [4.78, 5) is 56.8. The van der Waals surface area contributed by atoms with Gasteiger partial charge in [0.1, 0.15) is 6.10 Å². The van der Waals surface area contributed by atoms with Gasteiger partial charge in [-0.15, -0.1) is 0 Å². The summed E-state index contributed by atoms with van der Waals surface area (Å²) in [6.45, 7) is 11.2. The molecule has 1 atom stereocenters. The molecule has 1 unspecified atom stereocenters. The predicted molar refractivity (Wildman–Crippen MR) is 124 cm³/mol. The summed E-state index contributed by atoms with van der Waals surface area (Å²) >= 11 is 0. The van der Waals surface area contributed by atoms with Crippen LogP contribution in [0, 0.1) is 15.5 Å². The van der Waals surface area contributed by atoms with Crippen LogP contribution in [0.15, 0.2) is 60.7 Å². The monoisotopic (exact) mass is 506 g/mol. The fourth-order valence-corrected chi connectivity index (χ4v) is 3.03. The molecule has 0 saturated heterocycles. The quantitative estimate of drug-likeness (QED) is 0.122. The van der Waals surface area contributed by atoms with E-state index in [1.807, 2.05) is 0 Å². The minimum Gasteiger partial charge on any atom is -0.545 e. The molecule has 196 valence electrons. The largest absolute Gasteiger partial charge is 0.545 e. The molecule has 0 aliphatic rings. The van der Waals surface area contributed by atoms with Gasteiger partial charge in [0.15, 0.2) is 17.3 Å². The van der Waals surface area contributed by atoms with Crippen molar-refractivity contribution in [2.24, 2.45) is 5.41 Å². The van der Waals surface area contributed by atoms with E-state index in [1.165, 1.54) is 20.8 Å². The predicted octanol–water partition coefficient (Wildman–Crippen LogP) is -0.557. The molecular formula is C24H28NO11-. The van der Waals surface area contributed by atoms with Gasteiger partial charge in [0.25, 0.3) is 5.69 Å². The van der Waals surface area contributed by atoms with Crippen molar-refractivity contribution in [2.75, 3.05) is 13.2 Å². The van der Waals surface area contributed by atoms with E-state index in [0.29, 0.717) is 0 Å². The number of aromatic carboxylic acids is 1. The standard InChI is InChI=1S/C17H24O7.C7H5NO4/c1-9(2)12(20)15(23)16(7-18,8-19)17(24,13(21)10(3)4)14(22)11(5)6;9-7(10)5-1-3-6(4-2-5)8(11)12/h15,18-19,23-24H,1,3,5,7-8H2,2,4,6H3;1-4H,(H,9,10)/p-1. The van der Waals surface area contributed by atoms with Crippen LogP contribution in [0.1, 0.15) is 31.1 Å². The normalized spacial score (nSPS) is 11.9. The van der Waals surface area contributed by atoms with Gasteiger partial charge in [0.2, 0.25) is 5.60 Å². The summed E-state index contributed by atoms with van der Waals surface area (Å²) in [6.07, 6.45) is -2.26. The SMILES string of the molecule is C=C(C)C(=O)C(O)C(CO)(CO)C(O)(C(=O)C(=C)C)C(=O)C(=C)C.O=C([O-])c1ccc([N+](=O)[O-])cc1. The van der Waals surface area contributed by atoms with Gasteiger partial charge in [-0.2, -0.15) is 0 Å². The molecule has 0 aliphatic carbocycles. The number of hydrogen-bond acceptors (Lipinski definition) is 11. The molecule has 0 saturated carbocycles. The van der Waals surface area contributed by atoms with Crippen LogP contribution in [0.3, 0.4) is 0 Å². The average Bonchev–Trinajstić information content (AvgIpc) is 2.83. The van der Waals surface area contributed by atoms with Crippen LogP contribution >= 0.6 is 0 Å². The molecule has 1 rings (SSSR count). The number of ketones is 3. The van der Waals surface area contributed by atoms with Crippen LogP contribution in [0.5, 0.6) is 0 Å². The van der Waals surface area contributed by atoms with Gasteiger partial charge >= 0.3 is 0 Å². The number of carbonyl (C=O) groups is 4. The van der Waals surface area contributed by atoms with E-state index >= 15 is 0 Å². The summed E-state index contributed by atoms with van der Waals surface area (Å²) < 4.78 is 0. The molecule has 12 heteroatoms. The second-order valence-corrected chi connectivity index (χ2v) is 8.04. The molecule has 0 fully saturated rings. The topological polar surface area (TPSA) is 215 Å². The van der Waals surface area contributed by atoms with E-state index in [-0.39, 0.29) is 28.0 Å². The van der Waals surface area contributed by atoms with E-state index in [4.69, 9.17) is 0 Å². The molecule has 0 amide bonds. The van der Waals surface area contributed by atoms with Crippen molar-refractivity contribution in [3.63, 3.8) is 0 Å². The number of benzene rings is 1. The summed E-state index contributed by atoms with van der Waals surface area (Å²) in [7, 11) is 0. The molecule has 4 N–H and O–H groups in total. The number of aliphatic hydroxyl groups is 4. The second-order valence-electron chi connectivity index (χ2n) is 8.04. The minimum atomic E-state index is -3.13. The Kier molecular flexibility index (Phi) is 11.4. The minimum absolute atomic E-state index is 0.0689. The number of carbonyl (C=O) groups excluding carboxylic acids is 4. The Balaban J connectivity index is 0.000000846. The van der Waals surface area contributed by atoms with Gasteiger partial charge in [-0.05, 0) is 55.2 Å². The molecule has 0 aromatic heterocycles. The highest BCUT2D eigenvalue weighted by Crippen LogP contribution is 2.40. The summed E-state index contributed by atoms with van der Waals surface area (Å²) in [5.41, 5.74) is -6.63. The lowest BCUT2D eigenvalue weighted by molar-refractivity contribution is -0.384. The van der Waals surface area contributed by atoms with Gasteiger partial charge in [-0.3, -0.25) is 24.5 Å². The van der Waals surface area contributed by atoms with Crippen molar-refractivity contribution in [1.82, 2.24) is 0 Å². The fourth-order valence-electron chi connectivity index (χ4n) is 3.03. The van der Waals surface area contributed by atoms with Crippen molar-refractivity contribution in [3.05, 3.63) is 76.4 Å². The molecule has 0 radical (unpaired) electrons. The van der Waals surface area contributed by atoms with Crippen molar-refractivity contribution in [1.29, 1.82) is 0 Å². The number of carboxylic acid groups (broad SMARTS) is 1. The van der Waals surface area contributed by atoms with Crippen LogP contribution in [0.25, 0.3) is 0 Å². The number of non-ortho nitro benzene ring substituents is 1. The summed E-state index contributed by atoms with van der Waals surface area (Å²) in [5, 5.41) is 61.1. The fraction of sp³-hybridized carbons (Fsp3) is 0.333. The lowest BCUT2D eigenvalue weighted by Gasteiger charge is -2.45. The van der Waals surface area contributed by atoms with E-state index in [9.17, 15) is 54.8 Å². The maximum Gasteiger partial charge on any atom is 0.269 e. The van der Waals surface area contributed by atoms with Crippen LogP contribution in [-0.2, 0) is 14.4 Å². The number of Topliss-reactive ketones (excluding diaryl/α,β-unsaturated/α-hetero) is 3. The van der Waals surface area contributed by atoms with Gasteiger partial charge in [-0.1, -0.05) is 19.7 Å². The Morgan fingerprint density at radius 3 is 1.56 bits per heavy atom. The first-order valence-corrected chi connectivity index (χ1v) is 10.1. The Bertz CT molecular complexity index is 1020. The third-order valence-electron chi connectivity index (χ3n) is 5.22. The lowest BCUT2D eigenvalue weighted by Crippen LogP contribution is -2.69. The third-order valence-corrected chi connectivity index (χ3v) is 5.22. The number of rotatable bonds is 12. The van der Waals surface area contributed by atoms with E-state index in [2.05, 4.69) is 19.7 Å². The maximum absolute atomic E-state index is 12.5. The first kappa shape index (κ1) is 32.2. The first-order valence-electron chi connectivity index (χ1n) is 10.1. The molecule has 36 heavy (non-hydrogen) atoms. The number of aliphatic hydroxyl groups excluding tert-OH is 3. The number of nitrogens with zero attached hydrogens (tertiary/aromatic N) is 1. The highest BCUT2D eigenvalue weighted by atomic mass is 16.6. The zero-order chi connectivity index (χ0) is 28.6. The highest BCUT2D eigenvalue weighted by Gasteiger charge is 2.64. The Morgan fingerprint density at radius 2 is 1.31 bits per heavy atom. The van der Waals surface area contributed by atoms with E-state index < -0.39 is 58.6 Å². The van der Waals surface area contributed by atoms with Crippen LogP contribution in [0.2, 0.25) is 0 Å². The van der Waals surface area contributed by atoms with Crippen LogP contribution < -0.4 is 5.11 Å². The van der Waals surface area contributed by atoms with Gasteiger partial charge in [0.05, 0.1) is 29.5 Å². The lowest BCUT2D eigenvalue weighted by atomic mass is 9.61. The molecule has 1 aromatic carbocycles. The van der Waals surface area contributed by atoms with E-state index in [1.54, 1.807) is 0 Å². The second kappa shape index (κ2) is 12.7. The average molecular weight is 506 g/mol. The summed E-state index contributed by atoms with van der Waals surface area (Å²) in [6, 6.07) is 4.50. The van der Waals surface area contributed by atoms with Crippen molar-refractivity contribution < 1.29 is 49.6 Å². The smallest absolute Gasteiger partial charge is 0.269 e. The third kappa shape index (κ3) is 6.43. The molecule has 0 spiro atoms. The number of nitro benzene ring substituents is 1. The Hall–Kier alpha value is -3.84. The first-order chi connectivity index (χ1) is 16.5. The molecule has 12 nitrogen and oxygen atoms in total. The van der Waals surface area contributed by atoms with Gasteiger partial charge in [0, 0.05) is 12.1 Å². The van der Waals surface area contributed by atoms with Crippen LogP contribution in [0.4, 0.5) is 5.69 Å². The molecule has 0 bridgehead atoms. The van der Waals surface area contributed by atoms with Crippen molar-refractivity contribution in [2.45, 2.75) is 32.5 Å².